The van der Waals surface area contributed by atoms with Crippen molar-refractivity contribution in [3.05, 3.63) is 96.2 Å². The topological polar surface area (TPSA) is 88.1 Å². The Labute approximate surface area is 184 Å². The number of carbonyl (C=O) groups excluding carboxylic acids is 2. The number of benzene rings is 2. The zero-order valence-electron chi connectivity index (χ0n) is 17.3. The summed E-state index contributed by atoms with van der Waals surface area (Å²) >= 11 is 0. The number of hydrogen-bond donors (Lipinski definition) is 1. The molecule has 0 atom stereocenters. The molecule has 4 aromatic rings. The third-order valence-electron chi connectivity index (χ3n) is 5.49. The molecule has 156 valence electrons. The second-order valence-corrected chi connectivity index (χ2v) is 7.68. The predicted octanol–water partition coefficient (Wildman–Crippen LogP) is 4.98. The van der Waals surface area contributed by atoms with Crippen LogP contribution in [0.1, 0.15) is 39.4 Å². The first-order valence-corrected chi connectivity index (χ1v) is 10.4. The number of Topliss-reactive ketones (excluding diaryl/α,β-unsaturated/α-hetero) is 2. The van der Waals surface area contributed by atoms with Gasteiger partial charge in [0.2, 0.25) is 0 Å². The monoisotopic (exact) mass is 420 g/mol. The molecule has 0 bridgehead atoms. The van der Waals surface area contributed by atoms with Gasteiger partial charge in [-0.25, -0.2) is 4.98 Å². The van der Waals surface area contributed by atoms with Gasteiger partial charge in [0.1, 0.15) is 5.82 Å². The van der Waals surface area contributed by atoms with Crippen molar-refractivity contribution in [3.8, 4) is 11.1 Å². The van der Waals surface area contributed by atoms with Gasteiger partial charge in [-0.05, 0) is 35.4 Å². The summed E-state index contributed by atoms with van der Waals surface area (Å²) in [7, 11) is 0. The smallest absolute Gasteiger partial charge is 0.170 e. The second kappa shape index (κ2) is 8.51. The van der Waals surface area contributed by atoms with Crippen LogP contribution >= 0.6 is 0 Å². The van der Waals surface area contributed by atoms with Gasteiger partial charge in [0.05, 0.1) is 17.5 Å². The van der Waals surface area contributed by atoms with E-state index in [9.17, 15) is 9.59 Å². The molecule has 3 heterocycles. The van der Waals surface area contributed by atoms with Crippen molar-refractivity contribution < 1.29 is 9.59 Å². The minimum Gasteiger partial charge on any atom is -0.342 e. The highest BCUT2D eigenvalue weighted by Gasteiger charge is 2.17. The molecular weight excluding hydrogens is 400 g/mol. The fraction of sp³-hybridized carbons (Fsp3) is 0.115. The first-order chi connectivity index (χ1) is 15.7. The molecule has 0 aliphatic carbocycles. The van der Waals surface area contributed by atoms with Gasteiger partial charge in [-0.3, -0.25) is 19.6 Å². The average molecular weight is 420 g/mol. The van der Waals surface area contributed by atoms with Crippen LogP contribution in [0.15, 0.2) is 84.3 Å². The van der Waals surface area contributed by atoms with Crippen LogP contribution in [0.4, 0.5) is 0 Å². The summed E-state index contributed by atoms with van der Waals surface area (Å²) in [6.45, 7) is 0. The van der Waals surface area contributed by atoms with E-state index >= 15 is 0 Å². The maximum absolute atomic E-state index is 12.8. The molecule has 1 aliphatic rings. The Kier molecular flexibility index (Phi) is 5.25. The minimum absolute atomic E-state index is 0.0193. The Morgan fingerprint density at radius 3 is 2.41 bits per heavy atom. The number of hydrogen-bond acceptors (Lipinski definition) is 5. The zero-order valence-corrected chi connectivity index (χ0v) is 17.3. The van der Waals surface area contributed by atoms with E-state index in [-0.39, 0.29) is 24.4 Å². The van der Waals surface area contributed by atoms with Crippen molar-refractivity contribution in [2.45, 2.75) is 19.3 Å². The van der Waals surface area contributed by atoms with Crippen molar-refractivity contribution in [3.63, 3.8) is 0 Å². The number of allylic oxidation sites excluding steroid dienone is 1. The van der Waals surface area contributed by atoms with Gasteiger partial charge in [-0.2, -0.15) is 0 Å². The van der Waals surface area contributed by atoms with Gasteiger partial charge in [0.15, 0.2) is 11.6 Å². The van der Waals surface area contributed by atoms with Gasteiger partial charge in [0.25, 0.3) is 0 Å². The minimum atomic E-state index is -0.0374. The molecule has 0 saturated carbocycles. The van der Waals surface area contributed by atoms with Gasteiger partial charge < -0.3 is 4.98 Å². The van der Waals surface area contributed by atoms with Crippen LogP contribution in [0, 0.1) is 0 Å². The number of rotatable bonds is 7. The van der Waals surface area contributed by atoms with Gasteiger partial charge >= 0.3 is 0 Å². The predicted molar refractivity (Wildman–Crippen MR) is 124 cm³/mol. The number of carbonyl (C=O) groups is 2. The normalized spacial score (nSPS) is 12.8. The highest BCUT2D eigenvalue weighted by molar-refractivity contribution is 6.15. The number of imidazole rings is 1. The maximum Gasteiger partial charge on any atom is 0.170 e. The average Bonchev–Trinajstić information content (AvgIpc) is 3.48. The van der Waals surface area contributed by atoms with Crippen molar-refractivity contribution in [1.82, 2.24) is 15.0 Å². The number of H-pyrrole nitrogens is 1. The molecule has 32 heavy (non-hydrogen) atoms. The molecule has 0 radical (unpaired) electrons. The highest BCUT2D eigenvalue weighted by Crippen LogP contribution is 2.22. The summed E-state index contributed by atoms with van der Waals surface area (Å²) in [6, 6.07) is 16.8. The van der Waals surface area contributed by atoms with E-state index in [4.69, 9.17) is 0 Å². The Morgan fingerprint density at radius 2 is 1.66 bits per heavy atom. The maximum atomic E-state index is 12.8. The van der Waals surface area contributed by atoms with E-state index in [2.05, 4.69) is 19.9 Å². The third-order valence-corrected chi connectivity index (χ3v) is 5.49. The number of aromatic amines is 1. The zero-order chi connectivity index (χ0) is 21.9. The molecule has 1 aliphatic heterocycles. The van der Waals surface area contributed by atoms with Crippen LogP contribution in [-0.2, 0) is 6.42 Å². The quantitative estimate of drug-likeness (QED) is 0.427. The van der Waals surface area contributed by atoms with Crippen molar-refractivity contribution >= 4 is 28.3 Å². The molecule has 0 unspecified atom stereocenters. The SMILES string of the molecule is O=C(Cc1nc2c(C(=O)CC3=NC=CC3)cccc2[nH]1)c1ccc(-c2ccncc2)cc1. The van der Waals surface area contributed by atoms with Crippen LogP contribution in [0.5, 0.6) is 0 Å². The van der Waals surface area contributed by atoms with E-state index in [1.807, 2.05) is 54.6 Å². The number of fused-ring (bicyclic) bond motifs is 1. The Hall–Kier alpha value is -4.19. The number of aromatic nitrogens is 3. The molecule has 0 spiro atoms. The largest absolute Gasteiger partial charge is 0.342 e. The summed E-state index contributed by atoms with van der Waals surface area (Å²) in [5.74, 6) is 0.488. The van der Waals surface area contributed by atoms with Gasteiger partial charge in [-0.1, -0.05) is 36.4 Å². The van der Waals surface area contributed by atoms with Crippen LogP contribution in [0.3, 0.4) is 0 Å². The second-order valence-electron chi connectivity index (χ2n) is 7.68. The van der Waals surface area contributed by atoms with Crippen molar-refractivity contribution in [2.24, 2.45) is 4.99 Å². The molecule has 2 aromatic heterocycles. The summed E-state index contributed by atoms with van der Waals surface area (Å²) in [5.41, 5.74) is 5.44. The molecule has 6 heteroatoms. The van der Waals surface area contributed by atoms with Crippen molar-refractivity contribution in [2.75, 3.05) is 0 Å². The summed E-state index contributed by atoms with van der Waals surface area (Å²) in [4.78, 5) is 41.6. The fourth-order valence-electron chi connectivity index (χ4n) is 3.84. The third kappa shape index (κ3) is 4.03. The number of pyridine rings is 1. The van der Waals surface area contributed by atoms with E-state index in [0.717, 1.165) is 22.4 Å². The van der Waals surface area contributed by atoms with Crippen LogP contribution in [0.2, 0.25) is 0 Å². The lowest BCUT2D eigenvalue weighted by atomic mass is 10.0. The lowest BCUT2D eigenvalue weighted by molar-refractivity contribution is 0.0987. The van der Waals surface area contributed by atoms with Crippen LogP contribution < -0.4 is 0 Å². The van der Waals surface area contributed by atoms with E-state index < -0.39 is 0 Å². The number of ketones is 2. The number of para-hydroxylation sites is 1. The van der Waals surface area contributed by atoms with E-state index in [1.54, 1.807) is 24.7 Å². The molecule has 5 rings (SSSR count). The van der Waals surface area contributed by atoms with Crippen molar-refractivity contribution in [1.29, 1.82) is 0 Å². The first kappa shape index (κ1) is 19.8. The van der Waals surface area contributed by atoms with Gasteiger partial charge in [-0.15, -0.1) is 0 Å². The molecule has 0 saturated heterocycles. The summed E-state index contributed by atoms with van der Waals surface area (Å²) in [5, 5.41) is 0. The van der Waals surface area contributed by atoms with E-state index in [1.165, 1.54) is 0 Å². The number of nitrogens with one attached hydrogen (secondary N) is 1. The summed E-state index contributed by atoms with van der Waals surface area (Å²) < 4.78 is 0. The Bertz CT molecular complexity index is 1370. The fourth-order valence-corrected chi connectivity index (χ4v) is 3.84. The molecule has 1 N–H and O–H groups in total. The molecule has 2 aromatic carbocycles. The first-order valence-electron chi connectivity index (χ1n) is 10.4. The Balaban J connectivity index is 1.34. The van der Waals surface area contributed by atoms with Gasteiger partial charge in [0, 0.05) is 48.3 Å². The standard InChI is InChI=1S/C26H20N4O2/c31-23(19-8-6-17(7-9-19)18-10-13-27-14-11-18)16-25-29-22-5-1-4-21(26(22)30-25)24(32)15-20-3-2-12-28-20/h1-2,4-14H,3,15-16H2,(H,29,30). The lowest BCUT2D eigenvalue weighted by Gasteiger charge is -2.03. The molecular formula is C26H20N4O2. The van der Waals surface area contributed by atoms with E-state index in [0.29, 0.717) is 28.9 Å². The molecule has 6 nitrogen and oxygen atoms in total. The molecule has 0 fully saturated rings. The Morgan fingerprint density at radius 1 is 0.875 bits per heavy atom. The summed E-state index contributed by atoms with van der Waals surface area (Å²) in [6.07, 6.45) is 8.27. The van der Waals surface area contributed by atoms with Crippen LogP contribution in [-0.4, -0.2) is 32.2 Å². The highest BCUT2D eigenvalue weighted by atomic mass is 16.1. The number of aliphatic imine (C=N–C) groups is 1. The van der Waals surface area contributed by atoms with Crippen LogP contribution in [0.25, 0.3) is 22.2 Å². The molecule has 0 amide bonds. The number of nitrogens with zero attached hydrogens (tertiary/aromatic N) is 3. The lowest BCUT2D eigenvalue weighted by Crippen LogP contribution is -2.07.